The van der Waals surface area contributed by atoms with E-state index >= 15 is 0 Å². The first-order chi connectivity index (χ1) is 24.4. The van der Waals surface area contributed by atoms with Crippen LogP contribution in [0.25, 0.3) is 16.7 Å². The van der Waals surface area contributed by atoms with Gasteiger partial charge in [-0.2, -0.15) is 0 Å². The summed E-state index contributed by atoms with van der Waals surface area (Å²) in [6, 6.07) is 11.2. The molecule has 0 saturated carbocycles. The third kappa shape index (κ3) is 10.1. The van der Waals surface area contributed by atoms with Crippen LogP contribution in [0.3, 0.4) is 0 Å². The van der Waals surface area contributed by atoms with Gasteiger partial charge < -0.3 is 25.8 Å². The molecule has 10 heteroatoms. The van der Waals surface area contributed by atoms with E-state index in [-0.39, 0.29) is 59.7 Å². The molecule has 4 aromatic rings. The van der Waals surface area contributed by atoms with E-state index in [1.807, 2.05) is 71.0 Å². The number of phenolic OH excluding ortho intramolecular Hbond substituents is 1. The molecule has 0 aliphatic carbocycles. The summed E-state index contributed by atoms with van der Waals surface area (Å²) in [6.45, 7) is 25.6. The highest BCUT2D eigenvalue weighted by molar-refractivity contribution is 5.74. The summed E-state index contributed by atoms with van der Waals surface area (Å²) in [5.41, 5.74) is 11.0. The van der Waals surface area contributed by atoms with Crippen LogP contribution in [0.1, 0.15) is 137 Å². The van der Waals surface area contributed by atoms with Crippen molar-refractivity contribution in [3.63, 3.8) is 0 Å². The van der Waals surface area contributed by atoms with E-state index < -0.39 is 16.9 Å². The van der Waals surface area contributed by atoms with Crippen LogP contribution >= 0.6 is 0 Å². The van der Waals surface area contributed by atoms with Crippen molar-refractivity contribution in [1.82, 2.24) is 19.6 Å². The van der Waals surface area contributed by atoms with Crippen molar-refractivity contribution in [3.8, 4) is 23.2 Å². The molecule has 0 spiro atoms. The predicted octanol–water partition coefficient (Wildman–Crippen LogP) is 9.07. The van der Waals surface area contributed by atoms with Crippen LogP contribution in [-0.4, -0.2) is 53.0 Å². The summed E-state index contributed by atoms with van der Waals surface area (Å²) in [5, 5.41) is 43.5. The number of benzene rings is 2. The lowest BCUT2D eigenvalue weighted by Gasteiger charge is -2.41. The molecule has 0 bridgehead atoms. The molecule has 10 nitrogen and oxygen atoms in total. The van der Waals surface area contributed by atoms with E-state index in [0.717, 1.165) is 36.0 Å². The van der Waals surface area contributed by atoms with Crippen molar-refractivity contribution < 1.29 is 24.9 Å². The Hall–Kier alpha value is -4.05. The highest BCUT2D eigenvalue weighted by Crippen LogP contribution is 2.47. The van der Waals surface area contributed by atoms with Gasteiger partial charge in [0.2, 0.25) is 0 Å². The summed E-state index contributed by atoms with van der Waals surface area (Å²) in [5.74, 6) is -0.114. The Labute approximate surface area is 316 Å². The van der Waals surface area contributed by atoms with E-state index in [9.17, 15) is 20.1 Å². The molecule has 292 valence electrons. The zero-order valence-electron chi connectivity index (χ0n) is 34.3. The maximum Gasteiger partial charge on any atom is 0.306 e. The normalized spacial score (nSPS) is 14.5. The molecule has 2 unspecified atom stereocenters. The summed E-state index contributed by atoms with van der Waals surface area (Å²) in [6.07, 6.45) is 3.63. The van der Waals surface area contributed by atoms with Crippen molar-refractivity contribution >= 4 is 17.0 Å². The fourth-order valence-electron chi connectivity index (χ4n) is 7.82. The summed E-state index contributed by atoms with van der Waals surface area (Å²) in [7, 11) is 0. The fourth-order valence-corrected chi connectivity index (χ4v) is 7.82. The zero-order chi connectivity index (χ0) is 39.7. The molecule has 0 saturated heterocycles. The standard InChI is InChI=1S/C43H65N5O5/c1-13-42(10,11)29(25-43(12,44)26-40(4,5)6)24-31-36(41(7,8)9)39(52)47(38(31)51)20-21-53-35(49)19-18-28-22-30(27(2)3)37(50)34(23-28)48-45-32-16-14-15-17-33(32)46-48/h14-17,22-23,27,29,50-52H,13,18-21,24-26,44H2,1-12H3. The molecule has 53 heavy (non-hydrogen) atoms. The average molecular weight is 732 g/mol. The van der Waals surface area contributed by atoms with E-state index in [4.69, 9.17) is 10.5 Å². The van der Waals surface area contributed by atoms with Gasteiger partial charge in [0.15, 0.2) is 11.8 Å². The topological polar surface area (TPSA) is 149 Å². The molecule has 2 atom stereocenters. The lowest BCUT2D eigenvalue weighted by atomic mass is 9.66. The van der Waals surface area contributed by atoms with Gasteiger partial charge in [-0.3, -0.25) is 9.36 Å². The lowest BCUT2D eigenvalue weighted by Crippen LogP contribution is -2.44. The Morgan fingerprint density at radius 1 is 0.925 bits per heavy atom. The number of carbonyl (C=O) groups is 1. The smallest absolute Gasteiger partial charge is 0.306 e. The van der Waals surface area contributed by atoms with Gasteiger partial charge in [-0.05, 0) is 90.0 Å². The van der Waals surface area contributed by atoms with Gasteiger partial charge in [0.25, 0.3) is 0 Å². The molecule has 0 fully saturated rings. The number of fused-ring (bicyclic) bond motifs is 1. The molecule has 2 heterocycles. The second-order valence-electron chi connectivity index (χ2n) is 18.6. The minimum atomic E-state index is -0.451. The second kappa shape index (κ2) is 15.7. The first-order valence-electron chi connectivity index (χ1n) is 19.2. The van der Waals surface area contributed by atoms with Crippen LogP contribution in [-0.2, 0) is 34.3 Å². The molecule has 0 aliphatic rings. The summed E-state index contributed by atoms with van der Waals surface area (Å²) < 4.78 is 7.13. The maximum absolute atomic E-state index is 13.0. The third-order valence-corrected chi connectivity index (χ3v) is 10.7. The number of aromatic nitrogens is 4. The summed E-state index contributed by atoms with van der Waals surface area (Å²) in [4.78, 5) is 14.5. The van der Waals surface area contributed by atoms with Gasteiger partial charge in [0, 0.05) is 23.1 Å². The number of esters is 1. The van der Waals surface area contributed by atoms with Gasteiger partial charge in [-0.25, -0.2) is 0 Å². The number of aryl methyl sites for hydroxylation is 1. The first-order valence-corrected chi connectivity index (χ1v) is 19.2. The van der Waals surface area contributed by atoms with Crippen LogP contribution in [0.15, 0.2) is 36.4 Å². The van der Waals surface area contributed by atoms with E-state index in [0.29, 0.717) is 35.1 Å². The van der Waals surface area contributed by atoms with E-state index in [2.05, 4.69) is 58.7 Å². The molecule has 2 aromatic carbocycles. The van der Waals surface area contributed by atoms with Crippen LogP contribution in [0.5, 0.6) is 17.5 Å². The number of hydrogen-bond donors (Lipinski definition) is 4. The molecular weight excluding hydrogens is 667 g/mol. The maximum atomic E-state index is 13.0. The van der Waals surface area contributed by atoms with Gasteiger partial charge in [-0.1, -0.05) is 101 Å². The molecular formula is C43H65N5O5. The monoisotopic (exact) mass is 731 g/mol. The van der Waals surface area contributed by atoms with Gasteiger partial charge in [-0.15, -0.1) is 15.0 Å². The molecule has 5 N–H and O–H groups in total. The molecule has 4 rings (SSSR count). The van der Waals surface area contributed by atoms with Crippen molar-refractivity contribution in [2.24, 2.45) is 22.5 Å². The highest BCUT2D eigenvalue weighted by atomic mass is 16.5. The minimum absolute atomic E-state index is 0.00275. The zero-order valence-corrected chi connectivity index (χ0v) is 34.3. The Morgan fingerprint density at radius 3 is 2.06 bits per heavy atom. The van der Waals surface area contributed by atoms with Gasteiger partial charge >= 0.3 is 5.97 Å². The number of hydrogen-bond acceptors (Lipinski definition) is 8. The predicted molar refractivity (Wildman–Crippen MR) is 213 cm³/mol. The quantitative estimate of drug-likeness (QED) is 0.0885. The van der Waals surface area contributed by atoms with Crippen LogP contribution < -0.4 is 5.73 Å². The fraction of sp³-hybridized carbons (Fsp3) is 0.605. The number of rotatable bonds is 15. The number of aromatic hydroxyl groups is 3. The average Bonchev–Trinajstić information content (AvgIpc) is 3.57. The number of carbonyl (C=O) groups excluding carboxylic acids is 1. The van der Waals surface area contributed by atoms with Crippen LogP contribution in [0.2, 0.25) is 0 Å². The highest BCUT2D eigenvalue weighted by Gasteiger charge is 2.39. The SMILES string of the molecule is CCC(C)(C)C(Cc1c(C(C)(C)C)c(O)n(CCOC(=O)CCc2cc(C(C)C)c(O)c(-n3nc4ccccc4n3)c2)c1O)CC(C)(N)CC(C)(C)C. The number of nitrogens with two attached hydrogens (primary N) is 1. The number of ether oxygens (including phenoxy) is 1. The van der Waals surface area contributed by atoms with Crippen molar-refractivity contribution in [1.29, 1.82) is 0 Å². The van der Waals surface area contributed by atoms with Crippen molar-refractivity contribution in [2.45, 2.75) is 145 Å². The lowest BCUT2D eigenvalue weighted by molar-refractivity contribution is -0.143. The van der Waals surface area contributed by atoms with E-state index in [1.165, 1.54) is 9.36 Å². The second-order valence-corrected chi connectivity index (χ2v) is 18.6. The first kappa shape index (κ1) is 41.7. The van der Waals surface area contributed by atoms with Crippen molar-refractivity contribution in [2.75, 3.05) is 6.61 Å². The van der Waals surface area contributed by atoms with Crippen LogP contribution in [0, 0.1) is 16.7 Å². The number of nitrogens with zero attached hydrogens (tertiary/aromatic N) is 4. The Morgan fingerprint density at radius 2 is 1.53 bits per heavy atom. The minimum Gasteiger partial charge on any atom is -0.505 e. The Bertz CT molecular complexity index is 1850. The Balaban J connectivity index is 1.51. The molecule has 0 amide bonds. The molecule has 2 aromatic heterocycles. The number of phenols is 1. The molecule has 0 aliphatic heterocycles. The van der Waals surface area contributed by atoms with Crippen LogP contribution in [0.4, 0.5) is 0 Å². The Kier molecular flexibility index (Phi) is 12.4. The largest absolute Gasteiger partial charge is 0.505 e. The van der Waals surface area contributed by atoms with E-state index in [1.54, 1.807) is 0 Å². The van der Waals surface area contributed by atoms with Gasteiger partial charge in [0.05, 0.1) is 6.54 Å². The molecule has 0 radical (unpaired) electrons. The van der Waals surface area contributed by atoms with Gasteiger partial charge in [0.1, 0.15) is 29.1 Å². The van der Waals surface area contributed by atoms with Crippen molar-refractivity contribution in [3.05, 3.63) is 58.7 Å². The summed E-state index contributed by atoms with van der Waals surface area (Å²) >= 11 is 0. The third-order valence-electron chi connectivity index (χ3n) is 10.7.